The smallest absolute Gasteiger partial charge is 0.422 e. The van der Waals surface area contributed by atoms with Gasteiger partial charge in [0, 0.05) is 31.2 Å². The third-order valence-electron chi connectivity index (χ3n) is 4.19. The lowest BCUT2D eigenvalue weighted by Crippen LogP contribution is -2.56. The predicted octanol–water partition coefficient (Wildman–Crippen LogP) is 3.29. The van der Waals surface area contributed by atoms with Crippen LogP contribution >= 0.6 is 0 Å². The summed E-state index contributed by atoms with van der Waals surface area (Å²) < 4.78 is 46.9. The molecule has 0 bridgehead atoms. The van der Waals surface area contributed by atoms with Gasteiger partial charge in [0.1, 0.15) is 11.4 Å². The molecular weight excluding hydrogens is 391 g/mol. The van der Waals surface area contributed by atoms with Gasteiger partial charge in [-0.1, -0.05) is 0 Å². The van der Waals surface area contributed by atoms with Crippen molar-refractivity contribution in [3.63, 3.8) is 0 Å². The fraction of sp³-hybridized carbons (Fsp3) is 0.579. The molecule has 2 rings (SSSR count). The Labute approximate surface area is 167 Å². The van der Waals surface area contributed by atoms with E-state index in [1.165, 1.54) is 18.2 Å². The molecule has 2 amide bonds. The molecule has 0 aromatic heterocycles. The predicted molar refractivity (Wildman–Crippen MR) is 101 cm³/mol. The summed E-state index contributed by atoms with van der Waals surface area (Å²) in [5, 5.41) is 0. The number of anilines is 1. The highest BCUT2D eigenvalue weighted by molar-refractivity contribution is 5.96. The number of benzene rings is 1. The number of nitrogens with two attached hydrogens (primary N) is 1. The molecule has 7 nitrogen and oxygen atoms in total. The number of alkyl halides is 3. The van der Waals surface area contributed by atoms with Crippen LogP contribution < -0.4 is 10.5 Å². The Kier molecular flexibility index (Phi) is 6.54. The molecule has 1 atom stereocenters. The normalized spacial score (nSPS) is 17.8. The molecule has 0 aliphatic carbocycles. The quantitative estimate of drug-likeness (QED) is 0.763. The van der Waals surface area contributed by atoms with E-state index < -0.39 is 24.5 Å². The Morgan fingerprint density at radius 1 is 1.21 bits per heavy atom. The van der Waals surface area contributed by atoms with Crippen LogP contribution in [0.1, 0.15) is 38.1 Å². The molecule has 10 heteroatoms. The molecule has 162 valence electrons. The van der Waals surface area contributed by atoms with Crippen molar-refractivity contribution in [2.75, 3.05) is 32.0 Å². The molecule has 29 heavy (non-hydrogen) atoms. The molecule has 2 N–H and O–H groups in total. The first-order valence-corrected chi connectivity index (χ1v) is 9.15. The number of amides is 2. The third-order valence-corrected chi connectivity index (χ3v) is 4.19. The summed E-state index contributed by atoms with van der Waals surface area (Å²) in [5.41, 5.74) is 5.31. The summed E-state index contributed by atoms with van der Waals surface area (Å²) in [7, 11) is 0. The molecule has 1 saturated heterocycles. The van der Waals surface area contributed by atoms with E-state index in [1.807, 2.05) is 0 Å². The molecule has 1 aliphatic heterocycles. The van der Waals surface area contributed by atoms with Crippen LogP contribution in [0.2, 0.25) is 0 Å². The summed E-state index contributed by atoms with van der Waals surface area (Å²) >= 11 is 0. The van der Waals surface area contributed by atoms with Crippen molar-refractivity contribution in [2.45, 2.75) is 45.5 Å². The van der Waals surface area contributed by atoms with Crippen LogP contribution in [0.4, 0.5) is 23.7 Å². The van der Waals surface area contributed by atoms with Gasteiger partial charge in [-0.2, -0.15) is 13.2 Å². The summed E-state index contributed by atoms with van der Waals surface area (Å²) in [6.45, 7) is 6.59. The number of rotatable bonds is 3. The number of nitrogen functional groups attached to an aromatic ring is 1. The molecular formula is C19H26F3N3O4. The van der Waals surface area contributed by atoms with Crippen molar-refractivity contribution in [1.82, 2.24) is 9.80 Å². The molecule has 1 aromatic rings. The van der Waals surface area contributed by atoms with Gasteiger partial charge in [-0.3, -0.25) is 4.79 Å². The number of carbonyl (C=O) groups is 2. The number of nitrogens with zero attached hydrogens (tertiary/aromatic N) is 2. The average Bonchev–Trinajstić information content (AvgIpc) is 2.57. The lowest BCUT2D eigenvalue weighted by Gasteiger charge is -2.40. The van der Waals surface area contributed by atoms with Crippen molar-refractivity contribution in [2.24, 2.45) is 0 Å². The van der Waals surface area contributed by atoms with E-state index in [9.17, 15) is 22.8 Å². The lowest BCUT2D eigenvalue weighted by atomic mass is 10.1. The van der Waals surface area contributed by atoms with Gasteiger partial charge in [0.25, 0.3) is 5.91 Å². The highest BCUT2D eigenvalue weighted by atomic mass is 19.4. The van der Waals surface area contributed by atoms with Crippen molar-refractivity contribution in [1.29, 1.82) is 0 Å². The molecule has 0 spiro atoms. The first kappa shape index (κ1) is 22.6. The maximum Gasteiger partial charge on any atom is 0.422 e. The third kappa shape index (κ3) is 6.43. The Balaban J connectivity index is 2.02. The maximum absolute atomic E-state index is 12.8. The van der Waals surface area contributed by atoms with Crippen LogP contribution in [0.15, 0.2) is 18.2 Å². The van der Waals surface area contributed by atoms with E-state index in [0.29, 0.717) is 19.6 Å². The number of carbonyl (C=O) groups excluding carboxylic acids is 2. The van der Waals surface area contributed by atoms with Crippen molar-refractivity contribution >= 4 is 17.7 Å². The van der Waals surface area contributed by atoms with Crippen LogP contribution in [0.3, 0.4) is 0 Å². The number of halogens is 3. The average molecular weight is 417 g/mol. The molecule has 1 aromatic carbocycles. The minimum Gasteiger partial charge on any atom is -0.482 e. The van der Waals surface area contributed by atoms with Crippen LogP contribution in [-0.4, -0.2) is 65.9 Å². The molecule has 1 fully saturated rings. The van der Waals surface area contributed by atoms with Gasteiger partial charge in [0.05, 0.1) is 5.69 Å². The van der Waals surface area contributed by atoms with E-state index in [2.05, 4.69) is 4.74 Å². The second kappa shape index (κ2) is 8.38. The Morgan fingerprint density at radius 2 is 1.86 bits per heavy atom. The van der Waals surface area contributed by atoms with E-state index >= 15 is 0 Å². The van der Waals surface area contributed by atoms with Gasteiger partial charge in [-0.15, -0.1) is 0 Å². The van der Waals surface area contributed by atoms with Gasteiger partial charge in [-0.05, 0) is 45.9 Å². The molecule has 1 unspecified atom stereocenters. The zero-order valence-corrected chi connectivity index (χ0v) is 16.9. The number of piperazine rings is 1. The summed E-state index contributed by atoms with van der Waals surface area (Å²) in [6, 6.07) is 3.64. The second-order valence-corrected chi connectivity index (χ2v) is 7.93. The minimum atomic E-state index is -4.48. The highest BCUT2D eigenvalue weighted by Gasteiger charge is 2.33. The topological polar surface area (TPSA) is 85.1 Å². The fourth-order valence-corrected chi connectivity index (χ4v) is 2.89. The SMILES string of the molecule is CC1CN(C(=O)OC(C)(C)C)CCN1C(=O)c1ccc(OCC(F)(F)F)c(N)c1. The molecule has 1 aliphatic rings. The van der Waals surface area contributed by atoms with Crippen LogP contribution in [0.25, 0.3) is 0 Å². The maximum atomic E-state index is 12.8. The van der Waals surface area contributed by atoms with Crippen molar-refractivity contribution in [3.8, 4) is 5.75 Å². The first-order chi connectivity index (χ1) is 13.3. The van der Waals surface area contributed by atoms with Crippen molar-refractivity contribution in [3.05, 3.63) is 23.8 Å². The largest absolute Gasteiger partial charge is 0.482 e. The van der Waals surface area contributed by atoms with Crippen LogP contribution in [-0.2, 0) is 4.74 Å². The number of hydrogen-bond acceptors (Lipinski definition) is 5. The standard InChI is InChI=1S/C19H26F3N3O4/c1-12-10-24(17(27)29-18(2,3)4)7-8-25(12)16(26)13-5-6-15(14(23)9-13)28-11-19(20,21)22/h5-6,9,12H,7-8,10-11,23H2,1-4H3. The van der Waals surface area contributed by atoms with Crippen LogP contribution in [0, 0.1) is 0 Å². The van der Waals surface area contributed by atoms with Crippen molar-refractivity contribution < 1.29 is 32.2 Å². The Hall–Kier alpha value is -2.65. The minimum absolute atomic E-state index is 0.0554. The van der Waals surface area contributed by atoms with E-state index in [-0.39, 0.29) is 28.9 Å². The van der Waals surface area contributed by atoms with Gasteiger partial charge in [0.15, 0.2) is 6.61 Å². The molecule has 0 saturated carbocycles. The highest BCUT2D eigenvalue weighted by Crippen LogP contribution is 2.26. The molecule has 0 radical (unpaired) electrons. The van der Waals surface area contributed by atoms with Gasteiger partial charge in [-0.25, -0.2) is 4.79 Å². The van der Waals surface area contributed by atoms with Gasteiger partial charge < -0.3 is 25.0 Å². The number of ether oxygens (including phenoxy) is 2. The lowest BCUT2D eigenvalue weighted by molar-refractivity contribution is -0.153. The van der Waals surface area contributed by atoms with Gasteiger partial charge >= 0.3 is 12.3 Å². The van der Waals surface area contributed by atoms with E-state index in [1.54, 1.807) is 37.5 Å². The van der Waals surface area contributed by atoms with Crippen LogP contribution in [0.5, 0.6) is 5.75 Å². The van der Waals surface area contributed by atoms with E-state index in [0.717, 1.165) is 0 Å². The van der Waals surface area contributed by atoms with E-state index in [4.69, 9.17) is 10.5 Å². The second-order valence-electron chi connectivity index (χ2n) is 7.93. The summed E-state index contributed by atoms with van der Waals surface area (Å²) in [4.78, 5) is 28.2. The first-order valence-electron chi connectivity index (χ1n) is 9.15. The Morgan fingerprint density at radius 3 is 2.38 bits per heavy atom. The van der Waals surface area contributed by atoms with Gasteiger partial charge in [0.2, 0.25) is 0 Å². The monoisotopic (exact) mass is 417 g/mol. The number of hydrogen-bond donors (Lipinski definition) is 1. The fourth-order valence-electron chi connectivity index (χ4n) is 2.89. The zero-order chi connectivity index (χ0) is 22.0. The zero-order valence-electron chi connectivity index (χ0n) is 16.9. The molecule has 1 heterocycles. The summed E-state index contributed by atoms with van der Waals surface area (Å²) in [6.07, 6.45) is -4.92. The summed E-state index contributed by atoms with van der Waals surface area (Å²) in [5.74, 6) is -0.461. The Bertz CT molecular complexity index is 762.